The third kappa shape index (κ3) is 1.48. The fourth-order valence-corrected chi connectivity index (χ4v) is 2.43. The van der Waals surface area contributed by atoms with E-state index in [1.54, 1.807) is 0 Å². The predicted molar refractivity (Wildman–Crippen MR) is 61.9 cm³/mol. The minimum Gasteiger partial charge on any atom is -0.312 e. The molecule has 2 nitrogen and oxygen atoms in total. The van der Waals surface area contributed by atoms with Gasteiger partial charge in [0.05, 0.1) is 0 Å². The van der Waals surface area contributed by atoms with Crippen LogP contribution in [0.2, 0.25) is 5.15 Å². The second-order valence-electron chi connectivity index (χ2n) is 4.41. The molecule has 78 valence electrons. The zero-order chi connectivity index (χ0) is 10.4. The van der Waals surface area contributed by atoms with Gasteiger partial charge in [0.25, 0.3) is 0 Å². The molecule has 0 spiro atoms. The van der Waals surface area contributed by atoms with Crippen molar-refractivity contribution >= 4 is 17.2 Å². The SMILES string of the molecule is Cc1cc(C2=C[C@H]3CN[C@H]3C2)cnc1Cl. The minimum atomic E-state index is 0.610. The highest BCUT2D eigenvalue weighted by atomic mass is 35.5. The number of aromatic nitrogens is 1. The number of rotatable bonds is 1. The molecule has 1 aliphatic heterocycles. The summed E-state index contributed by atoms with van der Waals surface area (Å²) in [7, 11) is 0. The summed E-state index contributed by atoms with van der Waals surface area (Å²) in [5.41, 5.74) is 3.71. The Bertz CT molecular complexity index is 439. The van der Waals surface area contributed by atoms with Gasteiger partial charge in [-0.25, -0.2) is 4.98 Å². The first kappa shape index (κ1) is 9.37. The fourth-order valence-electron chi connectivity index (χ4n) is 2.33. The summed E-state index contributed by atoms with van der Waals surface area (Å²) >= 11 is 5.91. The van der Waals surface area contributed by atoms with Crippen molar-refractivity contribution in [2.24, 2.45) is 5.92 Å². The molecule has 2 heterocycles. The highest BCUT2D eigenvalue weighted by Gasteiger charge is 2.34. The topological polar surface area (TPSA) is 24.9 Å². The first-order valence-electron chi connectivity index (χ1n) is 5.30. The molecular formula is C12H13ClN2. The van der Waals surface area contributed by atoms with Crippen LogP contribution >= 0.6 is 11.6 Å². The number of pyridine rings is 1. The van der Waals surface area contributed by atoms with Gasteiger partial charge in [-0.1, -0.05) is 17.7 Å². The van der Waals surface area contributed by atoms with Crippen LogP contribution in [-0.2, 0) is 0 Å². The number of aryl methyl sites for hydroxylation is 1. The third-order valence-electron chi connectivity index (χ3n) is 3.37. The first-order valence-corrected chi connectivity index (χ1v) is 5.68. The molecule has 1 aromatic heterocycles. The highest BCUT2D eigenvalue weighted by molar-refractivity contribution is 6.30. The van der Waals surface area contributed by atoms with E-state index in [0.717, 1.165) is 24.4 Å². The normalized spacial score (nSPS) is 28.3. The third-order valence-corrected chi connectivity index (χ3v) is 3.77. The molecule has 3 rings (SSSR count). The highest BCUT2D eigenvalue weighted by Crippen LogP contribution is 2.36. The van der Waals surface area contributed by atoms with E-state index >= 15 is 0 Å². The zero-order valence-electron chi connectivity index (χ0n) is 8.63. The second kappa shape index (κ2) is 3.32. The Kier molecular flexibility index (Phi) is 2.08. The molecule has 3 heteroatoms. The van der Waals surface area contributed by atoms with Gasteiger partial charge in [0.15, 0.2) is 0 Å². The summed E-state index contributed by atoms with van der Waals surface area (Å²) in [6, 6.07) is 2.81. The molecule has 15 heavy (non-hydrogen) atoms. The Morgan fingerprint density at radius 3 is 2.93 bits per heavy atom. The van der Waals surface area contributed by atoms with Gasteiger partial charge in [0.1, 0.15) is 5.15 Å². The number of nitrogens with one attached hydrogen (secondary N) is 1. The monoisotopic (exact) mass is 220 g/mol. The number of hydrogen-bond acceptors (Lipinski definition) is 2. The summed E-state index contributed by atoms with van der Waals surface area (Å²) in [6.45, 7) is 3.13. The summed E-state index contributed by atoms with van der Waals surface area (Å²) in [4.78, 5) is 4.20. The fraction of sp³-hybridized carbons (Fsp3) is 0.417. The molecule has 0 bridgehead atoms. The molecule has 0 amide bonds. The zero-order valence-corrected chi connectivity index (χ0v) is 9.38. The van der Waals surface area contributed by atoms with Gasteiger partial charge in [-0.05, 0) is 36.1 Å². The first-order chi connectivity index (χ1) is 7.24. The molecule has 0 saturated carbocycles. The van der Waals surface area contributed by atoms with Crippen LogP contribution < -0.4 is 5.32 Å². The Morgan fingerprint density at radius 2 is 2.40 bits per heavy atom. The Labute approximate surface area is 94.4 Å². The number of hydrogen-bond donors (Lipinski definition) is 1. The van der Waals surface area contributed by atoms with Gasteiger partial charge in [-0.3, -0.25) is 0 Å². The van der Waals surface area contributed by atoms with Gasteiger partial charge in [-0.15, -0.1) is 0 Å². The molecule has 1 N–H and O–H groups in total. The Morgan fingerprint density at radius 1 is 1.53 bits per heavy atom. The van der Waals surface area contributed by atoms with Crippen LogP contribution in [0, 0.1) is 12.8 Å². The van der Waals surface area contributed by atoms with E-state index < -0.39 is 0 Å². The van der Waals surface area contributed by atoms with Crippen LogP contribution in [0.4, 0.5) is 0 Å². The standard InChI is InChI=1S/C12H13ClN2/c1-7-2-9(5-15-12(7)13)8-3-10-6-14-11(10)4-8/h2-3,5,10-11,14H,4,6H2,1H3/t10-,11-/m0/s1. The molecule has 2 aliphatic rings. The summed E-state index contributed by atoms with van der Waals surface area (Å²) < 4.78 is 0. The molecule has 1 aliphatic carbocycles. The Balaban J connectivity index is 1.93. The van der Waals surface area contributed by atoms with E-state index in [1.807, 2.05) is 13.1 Å². The lowest BCUT2D eigenvalue weighted by molar-refractivity contribution is 0.306. The number of halogens is 1. The summed E-state index contributed by atoms with van der Waals surface area (Å²) in [5, 5.41) is 4.04. The maximum Gasteiger partial charge on any atom is 0.131 e. The van der Waals surface area contributed by atoms with Crippen molar-refractivity contribution in [1.82, 2.24) is 10.3 Å². The van der Waals surface area contributed by atoms with Crippen molar-refractivity contribution in [1.29, 1.82) is 0 Å². The van der Waals surface area contributed by atoms with E-state index in [9.17, 15) is 0 Å². The largest absolute Gasteiger partial charge is 0.312 e. The maximum atomic E-state index is 5.91. The Hall–Kier alpha value is -0.860. The van der Waals surface area contributed by atoms with Crippen LogP contribution in [0.25, 0.3) is 5.57 Å². The average molecular weight is 221 g/mol. The van der Waals surface area contributed by atoms with E-state index in [2.05, 4.69) is 22.4 Å². The number of fused-ring (bicyclic) bond motifs is 1. The van der Waals surface area contributed by atoms with Crippen LogP contribution in [0.3, 0.4) is 0 Å². The lowest BCUT2D eigenvalue weighted by atomic mass is 9.95. The molecule has 0 unspecified atom stereocenters. The minimum absolute atomic E-state index is 0.610. The lowest BCUT2D eigenvalue weighted by Crippen LogP contribution is -2.49. The molecule has 1 saturated heterocycles. The van der Waals surface area contributed by atoms with Gasteiger partial charge in [-0.2, -0.15) is 0 Å². The van der Waals surface area contributed by atoms with Crippen molar-refractivity contribution in [2.45, 2.75) is 19.4 Å². The molecule has 1 aromatic rings. The van der Waals surface area contributed by atoms with E-state index in [1.165, 1.54) is 11.1 Å². The maximum absolute atomic E-state index is 5.91. The van der Waals surface area contributed by atoms with Crippen molar-refractivity contribution < 1.29 is 0 Å². The van der Waals surface area contributed by atoms with E-state index in [0.29, 0.717) is 11.2 Å². The van der Waals surface area contributed by atoms with Crippen molar-refractivity contribution in [3.63, 3.8) is 0 Å². The molecule has 2 atom stereocenters. The van der Waals surface area contributed by atoms with Gasteiger partial charge in [0, 0.05) is 24.7 Å². The van der Waals surface area contributed by atoms with Crippen LogP contribution in [-0.4, -0.2) is 17.6 Å². The quantitative estimate of drug-likeness (QED) is 0.736. The summed E-state index contributed by atoms with van der Waals surface area (Å²) in [6.07, 6.45) is 5.39. The van der Waals surface area contributed by atoms with Crippen LogP contribution in [0.15, 0.2) is 18.3 Å². The molecular weight excluding hydrogens is 208 g/mol. The van der Waals surface area contributed by atoms with Crippen molar-refractivity contribution in [2.75, 3.05) is 6.54 Å². The van der Waals surface area contributed by atoms with Crippen LogP contribution in [0.5, 0.6) is 0 Å². The van der Waals surface area contributed by atoms with Gasteiger partial charge < -0.3 is 5.32 Å². The van der Waals surface area contributed by atoms with Gasteiger partial charge in [0.2, 0.25) is 0 Å². The average Bonchev–Trinajstić information content (AvgIpc) is 2.48. The van der Waals surface area contributed by atoms with Gasteiger partial charge >= 0.3 is 0 Å². The van der Waals surface area contributed by atoms with Crippen molar-refractivity contribution in [3.8, 4) is 0 Å². The molecule has 1 fully saturated rings. The number of nitrogens with zero attached hydrogens (tertiary/aromatic N) is 1. The second-order valence-corrected chi connectivity index (χ2v) is 4.76. The summed E-state index contributed by atoms with van der Waals surface area (Å²) in [5.74, 6) is 0.746. The predicted octanol–water partition coefficient (Wildman–Crippen LogP) is 2.42. The molecule has 0 aromatic carbocycles. The lowest BCUT2D eigenvalue weighted by Gasteiger charge is -2.31. The smallest absolute Gasteiger partial charge is 0.131 e. The van der Waals surface area contributed by atoms with E-state index in [-0.39, 0.29) is 0 Å². The van der Waals surface area contributed by atoms with E-state index in [4.69, 9.17) is 11.6 Å². The van der Waals surface area contributed by atoms with Crippen LogP contribution in [0.1, 0.15) is 17.5 Å². The van der Waals surface area contributed by atoms with Crippen molar-refractivity contribution in [3.05, 3.63) is 34.6 Å². The molecule has 0 radical (unpaired) electrons.